The van der Waals surface area contributed by atoms with Gasteiger partial charge in [-0.2, -0.15) is 0 Å². The summed E-state index contributed by atoms with van der Waals surface area (Å²) in [6.07, 6.45) is 0. The lowest BCUT2D eigenvalue weighted by Gasteiger charge is -2.02. The maximum absolute atomic E-state index is 11.2. The van der Waals surface area contributed by atoms with Gasteiger partial charge < -0.3 is 5.73 Å². The summed E-state index contributed by atoms with van der Waals surface area (Å²) in [6, 6.07) is 0. The van der Waals surface area contributed by atoms with Gasteiger partial charge in [0.05, 0.1) is 12.3 Å². The SMILES string of the molecule is CCS(=O)(=O)CCSc1nnnn1CCN. The van der Waals surface area contributed by atoms with Crippen molar-refractivity contribution >= 4 is 21.6 Å². The number of sulfone groups is 1. The first-order valence-corrected chi connectivity index (χ1v) is 7.69. The van der Waals surface area contributed by atoms with Crippen LogP contribution >= 0.6 is 11.8 Å². The third-order valence-corrected chi connectivity index (χ3v) is 4.83. The van der Waals surface area contributed by atoms with Crippen LogP contribution in [0.1, 0.15) is 6.92 Å². The molecule has 0 bridgehead atoms. The summed E-state index contributed by atoms with van der Waals surface area (Å²) >= 11 is 1.33. The molecule has 1 heterocycles. The number of hydrogen-bond donors (Lipinski definition) is 1. The fourth-order valence-corrected chi connectivity index (χ4v) is 3.16. The summed E-state index contributed by atoms with van der Waals surface area (Å²) in [4.78, 5) is 0. The molecular weight excluding hydrogens is 250 g/mol. The van der Waals surface area contributed by atoms with Crippen molar-refractivity contribution in [3.8, 4) is 0 Å². The summed E-state index contributed by atoms with van der Waals surface area (Å²) in [5.74, 6) is 0.770. The van der Waals surface area contributed by atoms with Crippen LogP contribution in [0.15, 0.2) is 5.16 Å². The Balaban J connectivity index is 2.46. The Bertz CT molecular complexity index is 416. The summed E-state index contributed by atoms with van der Waals surface area (Å²) in [5.41, 5.74) is 5.39. The van der Waals surface area contributed by atoms with E-state index in [1.165, 1.54) is 11.8 Å². The van der Waals surface area contributed by atoms with Crippen molar-refractivity contribution in [2.24, 2.45) is 5.73 Å². The molecule has 0 aliphatic rings. The topological polar surface area (TPSA) is 104 Å². The first-order chi connectivity index (χ1) is 7.59. The number of hydrogen-bond acceptors (Lipinski definition) is 7. The zero-order chi connectivity index (χ0) is 12.0. The van der Waals surface area contributed by atoms with Crippen molar-refractivity contribution in [2.45, 2.75) is 18.6 Å². The average Bonchev–Trinajstić information content (AvgIpc) is 2.66. The van der Waals surface area contributed by atoms with Crippen molar-refractivity contribution in [2.75, 3.05) is 23.8 Å². The van der Waals surface area contributed by atoms with Gasteiger partial charge in [0, 0.05) is 18.1 Å². The van der Waals surface area contributed by atoms with Crippen molar-refractivity contribution in [1.82, 2.24) is 20.2 Å². The smallest absolute Gasteiger partial charge is 0.209 e. The number of thioether (sulfide) groups is 1. The maximum atomic E-state index is 11.2. The van der Waals surface area contributed by atoms with Crippen LogP contribution in [0.3, 0.4) is 0 Å². The van der Waals surface area contributed by atoms with E-state index in [-0.39, 0.29) is 11.5 Å². The quantitative estimate of drug-likeness (QED) is 0.641. The Morgan fingerprint density at radius 2 is 2.25 bits per heavy atom. The molecule has 0 fully saturated rings. The first kappa shape index (κ1) is 13.4. The molecule has 1 rings (SSSR count). The minimum atomic E-state index is -2.92. The molecule has 2 N–H and O–H groups in total. The van der Waals surface area contributed by atoms with Gasteiger partial charge in [0.1, 0.15) is 0 Å². The van der Waals surface area contributed by atoms with Crippen molar-refractivity contribution in [1.29, 1.82) is 0 Å². The van der Waals surface area contributed by atoms with Crippen LogP contribution < -0.4 is 5.73 Å². The van der Waals surface area contributed by atoms with Crippen LogP contribution in [0, 0.1) is 0 Å². The van der Waals surface area contributed by atoms with Crippen LogP contribution in [0.2, 0.25) is 0 Å². The molecule has 0 aromatic carbocycles. The van der Waals surface area contributed by atoms with Gasteiger partial charge in [-0.05, 0) is 10.4 Å². The highest BCUT2D eigenvalue weighted by Gasteiger charge is 2.10. The summed E-state index contributed by atoms with van der Waals surface area (Å²) in [5, 5.41) is 11.7. The van der Waals surface area contributed by atoms with E-state index >= 15 is 0 Å². The van der Waals surface area contributed by atoms with Gasteiger partial charge in [0.25, 0.3) is 0 Å². The number of aromatic nitrogens is 4. The van der Waals surface area contributed by atoms with E-state index < -0.39 is 9.84 Å². The van der Waals surface area contributed by atoms with Gasteiger partial charge in [-0.3, -0.25) is 0 Å². The van der Waals surface area contributed by atoms with Crippen LogP contribution in [0.5, 0.6) is 0 Å². The van der Waals surface area contributed by atoms with Gasteiger partial charge in [0.2, 0.25) is 5.16 Å². The molecule has 0 saturated heterocycles. The summed E-state index contributed by atoms with van der Waals surface area (Å²) < 4.78 is 24.1. The molecule has 0 saturated carbocycles. The molecule has 92 valence electrons. The van der Waals surface area contributed by atoms with Crippen LogP contribution in [-0.4, -0.2) is 52.4 Å². The number of tetrazole rings is 1. The molecular formula is C7H15N5O2S2. The highest BCUT2D eigenvalue weighted by molar-refractivity contribution is 8.00. The molecule has 0 aliphatic heterocycles. The van der Waals surface area contributed by atoms with E-state index in [0.29, 0.717) is 24.0 Å². The molecule has 0 atom stereocenters. The summed E-state index contributed by atoms with van der Waals surface area (Å²) in [7, 11) is -2.92. The maximum Gasteiger partial charge on any atom is 0.209 e. The third kappa shape index (κ3) is 4.06. The molecule has 16 heavy (non-hydrogen) atoms. The molecule has 0 aliphatic carbocycles. The molecule has 0 radical (unpaired) electrons. The monoisotopic (exact) mass is 265 g/mol. The second-order valence-corrected chi connectivity index (χ2v) is 6.59. The molecule has 7 nitrogen and oxygen atoms in total. The van der Waals surface area contributed by atoms with E-state index in [4.69, 9.17) is 5.73 Å². The predicted molar refractivity (Wildman–Crippen MR) is 61.9 cm³/mol. The lowest BCUT2D eigenvalue weighted by molar-refractivity contribution is 0.557. The predicted octanol–water partition coefficient (Wildman–Crippen LogP) is -0.841. The third-order valence-electron chi connectivity index (χ3n) is 1.91. The lowest BCUT2D eigenvalue weighted by Crippen LogP contribution is -2.13. The van der Waals surface area contributed by atoms with E-state index in [1.807, 2.05) is 0 Å². The van der Waals surface area contributed by atoms with E-state index in [9.17, 15) is 8.42 Å². The Labute approximate surface area is 98.7 Å². The van der Waals surface area contributed by atoms with E-state index in [1.54, 1.807) is 11.6 Å². The summed E-state index contributed by atoms with van der Waals surface area (Å²) in [6.45, 7) is 2.63. The fourth-order valence-electron chi connectivity index (χ4n) is 0.967. The highest BCUT2D eigenvalue weighted by atomic mass is 32.2. The molecule has 9 heteroatoms. The second-order valence-electron chi connectivity index (χ2n) is 3.06. The van der Waals surface area contributed by atoms with E-state index in [2.05, 4.69) is 15.5 Å². The minimum Gasteiger partial charge on any atom is -0.329 e. The second kappa shape index (κ2) is 6.16. The zero-order valence-corrected chi connectivity index (χ0v) is 10.7. The first-order valence-electron chi connectivity index (χ1n) is 4.88. The normalized spacial score (nSPS) is 11.9. The standard InChI is InChI=1S/C7H15N5O2S2/c1-2-16(13,14)6-5-15-7-9-10-11-12(7)4-3-8/h2-6,8H2,1H3. The Morgan fingerprint density at radius 3 is 2.88 bits per heavy atom. The van der Waals surface area contributed by atoms with Crippen molar-refractivity contribution in [3.63, 3.8) is 0 Å². The fraction of sp³-hybridized carbons (Fsp3) is 0.857. The number of nitrogens with two attached hydrogens (primary N) is 1. The molecule has 1 aromatic heterocycles. The lowest BCUT2D eigenvalue weighted by atomic mass is 10.7. The van der Waals surface area contributed by atoms with Gasteiger partial charge in [-0.1, -0.05) is 18.7 Å². The number of rotatable bonds is 7. The van der Waals surface area contributed by atoms with Crippen molar-refractivity contribution in [3.05, 3.63) is 0 Å². The largest absolute Gasteiger partial charge is 0.329 e. The van der Waals surface area contributed by atoms with Gasteiger partial charge >= 0.3 is 0 Å². The van der Waals surface area contributed by atoms with Gasteiger partial charge in [-0.15, -0.1) is 5.10 Å². The molecule has 1 aromatic rings. The van der Waals surface area contributed by atoms with Gasteiger partial charge in [-0.25, -0.2) is 13.1 Å². The van der Waals surface area contributed by atoms with Gasteiger partial charge in [0.15, 0.2) is 9.84 Å². The minimum absolute atomic E-state index is 0.143. The highest BCUT2D eigenvalue weighted by Crippen LogP contribution is 2.13. The number of nitrogens with zero attached hydrogens (tertiary/aromatic N) is 4. The molecule has 0 amide bonds. The average molecular weight is 265 g/mol. The Morgan fingerprint density at radius 1 is 1.50 bits per heavy atom. The van der Waals surface area contributed by atoms with Crippen LogP contribution in [0.4, 0.5) is 0 Å². The Hall–Kier alpha value is -0.670. The molecule has 0 spiro atoms. The van der Waals surface area contributed by atoms with Crippen molar-refractivity contribution < 1.29 is 8.42 Å². The van der Waals surface area contributed by atoms with Crippen LogP contribution in [0.25, 0.3) is 0 Å². The Kier molecular flexibility index (Phi) is 5.16. The van der Waals surface area contributed by atoms with E-state index in [0.717, 1.165) is 0 Å². The zero-order valence-electron chi connectivity index (χ0n) is 9.03. The van der Waals surface area contributed by atoms with Crippen LogP contribution in [-0.2, 0) is 16.4 Å². The molecule has 0 unspecified atom stereocenters.